The molecular formula is C39H45N3O7. The van der Waals surface area contributed by atoms with E-state index in [1.807, 2.05) is 77.7 Å². The minimum atomic E-state index is -1.42. The van der Waals surface area contributed by atoms with Gasteiger partial charge in [-0.05, 0) is 37.3 Å². The molecule has 2 saturated heterocycles. The molecule has 10 heteroatoms. The van der Waals surface area contributed by atoms with Crippen LogP contribution in [0.1, 0.15) is 75.1 Å². The van der Waals surface area contributed by atoms with Gasteiger partial charge in [-0.3, -0.25) is 19.2 Å². The molecular weight excluding hydrogens is 622 g/mol. The number of esters is 1. The fraction of sp³-hybridized carbons (Fsp3) is 0.487. The van der Waals surface area contributed by atoms with Gasteiger partial charge in [-0.25, -0.2) is 0 Å². The van der Waals surface area contributed by atoms with Crippen molar-refractivity contribution < 1.29 is 33.8 Å². The van der Waals surface area contributed by atoms with E-state index in [0.29, 0.717) is 24.1 Å². The first-order valence-corrected chi connectivity index (χ1v) is 17.7. The summed E-state index contributed by atoms with van der Waals surface area (Å²) in [6, 6.07) is 15.9. The van der Waals surface area contributed by atoms with E-state index in [-0.39, 0.29) is 24.3 Å². The maximum atomic E-state index is 15.2. The first kappa shape index (κ1) is 33.2. The van der Waals surface area contributed by atoms with Crippen molar-refractivity contribution in [1.29, 1.82) is 0 Å². The molecule has 4 heterocycles. The third-order valence-corrected chi connectivity index (χ3v) is 11.0. The number of nitrogens with zero attached hydrogens (tertiary/aromatic N) is 2. The number of nitrogens with one attached hydrogen (secondary N) is 1. The number of allylic oxidation sites excluding steroid dienone is 1. The van der Waals surface area contributed by atoms with Crippen LogP contribution in [-0.2, 0) is 28.7 Å². The van der Waals surface area contributed by atoms with Gasteiger partial charge in [0.2, 0.25) is 17.7 Å². The Kier molecular flexibility index (Phi) is 9.44. The van der Waals surface area contributed by atoms with Gasteiger partial charge in [0.05, 0.1) is 30.7 Å². The maximum Gasteiger partial charge on any atom is 0.313 e. The number of fused-ring (bicyclic) bond motifs is 2. The third-order valence-electron chi connectivity index (χ3n) is 11.0. The predicted molar refractivity (Wildman–Crippen MR) is 180 cm³/mol. The zero-order chi connectivity index (χ0) is 34.1. The van der Waals surface area contributed by atoms with Crippen LogP contribution in [0.5, 0.6) is 0 Å². The fourth-order valence-corrected chi connectivity index (χ4v) is 8.72. The second-order valence-electron chi connectivity index (χ2n) is 14.0. The molecule has 4 aliphatic heterocycles. The summed E-state index contributed by atoms with van der Waals surface area (Å²) >= 11 is 0. The van der Waals surface area contributed by atoms with Crippen LogP contribution in [-0.4, -0.2) is 81.6 Å². The number of benzene rings is 2. The highest BCUT2D eigenvalue weighted by molar-refractivity contribution is 5.99. The molecule has 5 aliphatic rings. The Morgan fingerprint density at radius 1 is 0.939 bits per heavy atom. The number of carbonyl (C=O) groups is 4. The van der Waals surface area contributed by atoms with E-state index in [0.717, 1.165) is 32.1 Å². The van der Waals surface area contributed by atoms with Crippen LogP contribution in [0.2, 0.25) is 0 Å². The Morgan fingerprint density at radius 3 is 2.37 bits per heavy atom. The van der Waals surface area contributed by atoms with Crippen LogP contribution in [0.3, 0.4) is 0 Å². The molecule has 7 rings (SSSR count). The van der Waals surface area contributed by atoms with Crippen LogP contribution in [0.4, 0.5) is 0 Å². The second kappa shape index (κ2) is 13.9. The van der Waals surface area contributed by atoms with Gasteiger partial charge in [-0.15, -0.1) is 0 Å². The van der Waals surface area contributed by atoms with E-state index < -0.39 is 66.3 Å². The fourth-order valence-electron chi connectivity index (χ4n) is 8.72. The van der Waals surface area contributed by atoms with Crippen molar-refractivity contribution in [3.63, 3.8) is 0 Å². The monoisotopic (exact) mass is 667 g/mol. The summed E-state index contributed by atoms with van der Waals surface area (Å²) in [5.74, 6) is -3.56. The number of amides is 3. The number of likely N-dealkylation sites (tertiary alicyclic amines) is 1. The van der Waals surface area contributed by atoms with Gasteiger partial charge in [0.15, 0.2) is 0 Å². The van der Waals surface area contributed by atoms with E-state index in [4.69, 9.17) is 9.47 Å². The zero-order valence-electron chi connectivity index (χ0n) is 27.9. The van der Waals surface area contributed by atoms with Crippen LogP contribution in [0.25, 0.3) is 0 Å². The Labute approximate surface area is 287 Å². The van der Waals surface area contributed by atoms with Crippen LogP contribution < -0.4 is 5.32 Å². The number of aliphatic hydroxyl groups is 1. The van der Waals surface area contributed by atoms with Crippen molar-refractivity contribution in [2.45, 2.75) is 93.8 Å². The molecule has 1 spiro atoms. The van der Waals surface area contributed by atoms with Crippen molar-refractivity contribution in [3.05, 3.63) is 96.1 Å². The Bertz CT molecular complexity index is 1610. The predicted octanol–water partition coefficient (Wildman–Crippen LogP) is 4.17. The molecule has 3 fully saturated rings. The van der Waals surface area contributed by atoms with Gasteiger partial charge in [0.25, 0.3) is 0 Å². The van der Waals surface area contributed by atoms with Gasteiger partial charge >= 0.3 is 5.97 Å². The molecule has 2 aromatic rings. The Morgan fingerprint density at radius 2 is 1.65 bits per heavy atom. The molecule has 2 N–H and O–H groups in total. The highest BCUT2D eigenvalue weighted by Crippen LogP contribution is 2.57. The molecule has 3 amide bonds. The van der Waals surface area contributed by atoms with Gasteiger partial charge in [0, 0.05) is 19.0 Å². The van der Waals surface area contributed by atoms with Crippen LogP contribution in [0.15, 0.2) is 85.0 Å². The van der Waals surface area contributed by atoms with Crippen molar-refractivity contribution in [1.82, 2.24) is 15.1 Å². The van der Waals surface area contributed by atoms with E-state index in [2.05, 4.69) is 5.32 Å². The number of carbonyl (C=O) groups excluding carboxylic acids is 4. The summed E-state index contributed by atoms with van der Waals surface area (Å²) in [4.78, 5) is 60.8. The molecule has 258 valence electrons. The minimum absolute atomic E-state index is 0.0381. The number of ether oxygens (including phenoxy) is 2. The topological polar surface area (TPSA) is 125 Å². The van der Waals surface area contributed by atoms with Crippen molar-refractivity contribution in [3.8, 4) is 0 Å². The van der Waals surface area contributed by atoms with E-state index in [1.165, 1.54) is 4.90 Å². The van der Waals surface area contributed by atoms with E-state index >= 15 is 4.79 Å². The highest BCUT2D eigenvalue weighted by atomic mass is 16.6. The standard InChI is InChI=1S/C39H45N3O7/c1-25-34(27-16-8-3-9-17-27)48-38(47)32-30-21-22-39(49-30)33(32)36(45)42(29(24-43)26-14-6-2-7-15-26)35(39)37(46)41(28-18-10-4-11-19-28)23-13-5-12-20-31(44)40-25/h2-3,5-9,13-17,21-22,25,28-30,32-35,43H,4,10-12,18-20,23-24H2,1H3,(H,40,44)/b13-5-/t25-,29-,30+,32-,33-,34+,35+,39-/m1/s1. The van der Waals surface area contributed by atoms with Gasteiger partial charge in [-0.2, -0.15) is 0 Å². The molecule has 1 saturated carbocycles. The largest absolute Gasteiger partial charge is 0.455 e. The lowest BCUT2D eigenvalue weighted by molar-refractivity contribution is -0.162. The minimum Gasteiger partial charge on any atom is -0.455 e. The summed E-state index contributed by atoms with van der Waals surface area (Å²) in [5, 5.41) is 13.9. The summed E-state index contributed by atoms with van der Waals surface area (Å²) in [7, 11) is 0. The summed E-state index contributed by atoms with van der Waals surface area (Å²) < 4.78 is 12.9. The van der Waals surface area contributed by atoms with E-state index in [1.54, 1.807) is 19.1 Å². The average molecular weight is 668 g/mol. The van der Waals surface area contributed by atoms with Crippen molar-refractivity contribution >= 4 is 23.7 Å². The molecule has 49 heavy (non-hydrogen) atoms. The first-order valence-electron chi connectivity index (χ1n) is 17.7. The smallest absolute Gasteiger partial charge is 0.313 e. The maximum absolute atomic E-state index is 15.2. The number of hydrogen-bond acceptors (Lipinski definition) is 7. The molecule has 10 nitrogen and oxygen atoms in total. The second-order valence-corrected chi connectivity index (χ2v) is 14.0. The third kappa shape index (κ3) is 5.99. The number of hydrogen-bond donors (Lipinski definition) is 2. The number of cyclic esters (lactones) is 1. The van der Waals surface area contributed by atoms with E-state index in [9.17, 15) is 19.5 Å². The zero-order valence-corrected chi connectivity index (χ0v) is 27.9. The Hall–Kier alpha value is -4.28. The lowest BCUT2D eigenvalue weighted by Gasteiger charge is -2.42. The van der Waals surface area contributed by atoms with Crippen LogP contribution >= 0.6 is 0 Å². The number of rotatable bonds is 5. The molecule has 1 aliphatic carbocycles. The van der Waals surface area contributed by atoms with Crippen LogP contribution in [0, 0.1) is 11.8 Å². The number of aliphatic hydroxyl groups excluding tert-OH is 1. The SMILES string of the molecule is C[C@H]1NC(=O)CC/C=C\CN(C2CCCCC2)C(=O)[C@@H]2N([C@H](CO)c3ccccc3)C(=O)[C@H]3[C@H](C(=O)O[C@@H]1c1ccccc1)[C@@H]1C=C[C@]23O1. The Balaban J connectivity index is 1.34. The molecule has 2 aromatic carbocycles. The molecule has 5 bridgehead atoms. The summed E-state index contributed by atoms with van der Waals surface area (Å²) in [6.45, 7) is 1.70. The lowest BCUT2D eigenvalue weighted by Crippen LogP contribution is -2.58. The molecule has 0 radical (unpaired) electrons. The summed E-state index contributed by atoms with van der Waals surface area (Å²) in [5.41, 5.74) is -0.0295. The van der Waals surface area contributed by atoms with Gasteiger partial charge < -0.3 is 29.7 Å². The quantitative estimate of drug-likeness (QED) is 0.362. The molecule has 0 aromatic heterocycles. The molecule has 8 atom stereocenters. The normalized spacial score (nSPS) is 33.7. The molecule has 0 unspecified atom stereocenters. The van der Waals surface area contributed by atoms with Crippen molar-refractivity contribution in [2.75, 3.05) is 13.2 Å². The lowest BCUT2D eigenvalue weighted by atomic mass is 9.74. The summed E-state index contributed by atoms with van der Waals surface area (Å²) in [6.07, 6.45) is 11.3. The van der Waals surface area contributed by atoms with Gasteiger partial charge in [-0.1, -0.05) is 104 Å². The first-order chi connectivity index (χ1) is 23.8. The average Bonchev–Trinajstić information content (AvgIpc) is 3.77. The highest BCUT2D eigenvalue weighted by Gasteiger charge is 2.74. The van der Waals surface area contributed by atoms with Gasteiger partial charge in [0.1, 0.15) is 23.7 Å². The van der Waals surface area contributed by atoms with Crippen molar-refractivity contribution in [2.24, 2.45) is 11.8 Å².